The molecule has 1 aromatic heterocycles. The summed E-state index contributed by atoms with van der Waals surface area (Å²) in [5.41, 5.74) is 1.17. The van der Waals surface area contributed by atoms with Crippen LogP contribution < -0.4 is 0 Å². The second-order valence-electron chi connectivity index (χ2n) is 1.60. The molecule has 0 aliphatic rings. The molecule has 0 aromatic carbocycles. The van der Waals surface area contributed by atoms with Crippen LogP contribution in [-0.2, 0) is 0 Å². The zero-order chi connectivity index (χ0) is 7.98. The lowest BCUT2D eigenvalue weighted by Gasteiger charge is -1.68. The third-order valence-corrected chi connectivity index (χ3v) is 1.79. The highest BCUT2D eigenvalue weighted by Crippen LogP contribution is 2.10. The fraction of sp³-hybridized carbons (Fsp3) is 0.375. The Labute approximate surface area is 65.9 Å². The van der Waals surface area contributed by atoms with Gasteiger partial charge in [-0.05, 0) is 23.9 Å². The van der Waals surface area contributed by atoms with Gasteiger partial charge >= 0.3 is 0 Å². The summed E-state index contributed by atoms with van der Waals surface area (Å²) in [4.78, 5) is 0.794. The Morgan fingerprint density at radius 3 is 2.30 bits per heavy atom. The molecule has 1 nitrogen and oxygen atoms in total. The Balaban J connectivity index is 0.000000371. The molecule has 2 heteroatoms. The minimum atomic E-state index is 0.794. The summed E-state index contributed by atoms with van der Waals surface area (Å²) >= 11 is 1.49. The van der Waals surface area contributed by atoms with Gasteiger partial charge in [0.15, 0.2) is 0 Å². The van der Waals surface area contributed by atoms with Crippen molar-refractivity contribution < 1.29 is 0 Å². The molecule has 54 valence electrons. The number of nitrogens with zero attached hydrogens (tertiary/aromatic N) is 1. The Hall–Kier alpha value is -0.810. The van der Waals surface area contributed by atoms with Crippen molar-refractivity contribution in [2.45, 2.75) is 20.8 Å². The predicted molar refractivity (Wildman–Crippen MR) is 45.1 cm³/mol. The van der Waals surface area contributed by atoms with Gasteiger partial charge in [-0.1, -0.05) is 13.8 Å². The van der Waals surface area contributed by atoms with E-state index in [0.717, 1.165) is 4.88 Å². The first-order valence-corrected chi connectivity index (χ1v) is 4.16. The minimum Gasteiger partial charge on any atom is -0.192 e. The molecule has 1 aromatic rings. The van der Waals surface area contributed by atoms with Gasteiger partial charge in [-0.25, -0.2) is 0 Å². The van der Waals surface area contributed by atoms with Crippen LogP contribution in [0.1, 0.15) is 24.3 Å². The van der Waals surface area contributed by atoms with Gasteiger partial charge in [-0.2, -0.15) is 5.26 Å². The maximum Gasteiger partial charge on any atom is 0.110 e. The van der Waals surface area contributed by atoms with Crippen LogP contribution in [0.4, 0.5) is 0 Å². The van der Waals surface area contributed by atoms with E-state index in [4.69, 9.17) is 5.26 Å². The summed E-state index contributed by atoms with van der Waals surface area (Å²) in [6.07, 6.45) is 0. The molecule has 0 aliphatic heterocycles. The highest BCUT2D eigenvalue weighted by atomic mass is 32.1. The van der Waals surface area contributed by atoms with Crippen molar-refractivity contribution in [2.24, 2.45) is 0 Å². The van der Waals surface area contributed by atoms with E-state index in [-0.39, 0.29) is 0 Å². The van der Waals surface area contributed by atoms with Crippen molar-refractivity contribution in [3.8, 4) is 6.07 Å². The summed E-state index contributed by atoms with van der Waals surface area (Å²) in [5.74, 6) is 0. The highest BCUT2D eigenvalue weighted by Gasteiger charge is 1.89. The van der Waals surface area contributed by atoms with Crippen molar-refractivity contribution in [1.29, 1.82) is 5.26 Å². The average molecular weight is 153 g/mol. The largest absolute Gasteiger partial charge is 0.192 e. The van der Waals surface area contributed by atoms with Crippen molar-refractivity contribution in [2.75, 3.05) is 0 Å². The summed E-state index contributed by atoms with van der Waals surface area (Å²) in [5, 5.41) is 10.3. The van der Waals surface area contributed by atoms with Crippen LogP contribution in [0, 0.1) is 18.3 Å². The zero-order valence-electron chi connectivity index (χ0n) is 6.51. The van der Waals surface area contributed by atoms with Crippen molar-refractivity contribution in [3.05, 3.63) is 21.9 Å². The number of aryl methyl sites for hydroxylation is 1. The molecule has 0 radical (unpaired) electrons. The third kappa shape index (κ3) is 2.65. The number of hydrogen-bond donors (Lipinski definition) is 0. The molecular formula is C8H11NS. The molecular weight excluding hydrogens is 142 g/mol. The fourth-order valence-corrected chi connectivity index (χ4v) is 1.18. The molecule has 0 unspecified atom stereocenters. The van der Waals surface area contributed by atoms with Gasteiger partial charge in [-0.3, -0.25) is 0 Å². The molecule has 0 aliphatic carbocycles. The summed E-state index contributed by atoms with van der Waals surface area (Å²) in [6, 6.07) is 3.95. The van der Waals surface area contributed by atoms with Crippen LogP contribution in [0.25, 0.3) is 0 Å². The predicted octanol–water partition coefficient (Wildman–Crippen LogP) is 2.95. The van der Waals surface area contributed by atoms with Gasteiger partial charge in [-0.15, -0.1) is 11.3 Å². The molecule has 0 bridgehead atoms. The number of thiophene rings is 1. The monoisotopic (exact) mass is 153 g/mol. The zero-order valence-corrected chi connectivity index (χ0v) is 7.33. The van der Waals surface area contributed by atoms with Crippen LogP contribution in [0.2, 0.25) is 0 Å². The van der Waals surface area contributed by atoms with E-state index < -0.39 is 0 Å². The van der Waals surface area contributed by atoms with Gasteiger partial charge < -0.3 is 0 Å². The topological polar surface area (TPSA) is 23.8 Å². The van der Waals surface area contributed by atoms with Crippen LogP contribution in [0.15, 0.2) is 11.4 Å². The first-order chi connectivity index (χ1) is 4.83. The lowest BCUT2D eigenvalue weighted by Crippen LogP contribution is -1.56. The van der Waals surface area contributed by atoms with E-state index in [1.165, 1.54) is 16.9 Å². The van der Waals surface area contributed by atoms with E-state index in [1.54, 1.807) is 0 Å². The molecule has 0 atom stereocenters. The van der Waals surface area contributed by atoms with Gasteiger partial charge in [0.2, 0.25) is 0 Å². The molecule has 1 rings (SSSR count). The SMILES string of the molecule is CC.Cc1csc(C#N)c1. The molecule has 0 fully saturated rings. The molecule has 0 saturated heterocycles. The Morgan fingerprint density at radius 1 is 1.50 bits per heavy atom. The van der Waals surface area contributed by atoms with Crippen molar-refractivity contribution >= 4 is 11.3 Å². The minimum absolute atomic E-state index is 0.794. The van der Waals surface area contributed by atoms with Crippen LogP contribution >= 0.6 is 11.3 Å². The maximum atomic E-state index is 8.31. The molecule has 1 heterocycles. The van der Waals surface area contributed by atoms with Gasteiger partial charge in [0.05, 0.1) is 0 Å². The van der Waals surface area contributed by atoms with Gasteiger partial charge in [0, 0.05) is 0 Å². The van der Waals surface area contributed by atoms with Crippen molar-refractivity contribution in [1.82, 2.24) is 0 Å². The van der Waals surface area contributed by atoms with E-state index in [2.05, 4.69) is 6.07 Å². The molecule has 0 saturated carbocycles. The molecule has 0 amide bonds. The van der Waals surface area contributed by atoms with Crippen molar-refractivity contribution in [3.63, 3.8) is 0 Å². The van der Waals surface area contributed by atoms with E-state index in [1.807, 2.05) is 32.2 Å². The van der Waals surface area contributed by atoms with E-state index >= 15 is 0 Å². The van der Waals surface area contributed by atoms with Crippen LogP contribution in [0.5, 0.6) is 0 Å². The number of nitriles is 1. The average Bonchev–Trinajstić information content (AvgIpc) is 2.40. The fourth-order valence-electron chi connectivity index (χ4n) is 0.490. The van der Waals surface area contributed by atoms with E-state index in [0.29, 0.717) is 0 Å². The first-order valence-electron chi connectivity index (χ1n) is 3.28. The smallest absolute Gasteiger partial charge is 0.110 e. The molecule has 0 spiro atoms. The Bertz CT molecular complexity index is 219. The molecule has 0 N–H and O–H groups in total. The summed E-state index contributed by atoms with van der Waals surface area (Å²) in [7, 11) is 0. The second kappa shape index (κ2) is 5.01. The number of hydrogen-bond acceptors (Lipinski definition) is 2. The second-order valence-corrected chi connectivity index (χ2v) is 2.51. The normalized spacial score (nSPS) is 7.40. The summed E-state index contributed by atoms with van der Waals surface area (Å²) < 4.78 is 0. The lowest BCUT2D eigenvalue weighted by atomic mass is 10.3. The maximum absolute atomic E-state index is 8.31. The quantitative estimate of drug-likeness (QED) is 0.562. The van der Waals surface area contributed by atoms with Crippen LogP contribution in [0.3, 0.4) is 0 Å². The van der Waals surface area contributed by atoms with Gasteiger partial charge in [0.25, 0.3) is 0 Å². The Morgan fingerprint density at radius 2 is 2.10 bits per heavy atom. The van der Waals surface area contributed by atoms with E-state index in [9.17, 15) is 0 Å². The standard InChI is InChI=1S/C6H5NS.C2H6/c1-5-2-6(3-7)8-4-5;1-2/h2,4H,1H3;1-2H3. The summed E-state index contributed by atoms with van der Waals surface area (Å²) in [6.45, 7) is 5.98. The van der Waals surface area contributed by atoms with Gasteiger partial charge in [0.1, 0.15) is 10.9 Å². The molecule has 10 heavy (non-hydrogen) atoms. The first kappa shape index (κ1) is 9.19. The Kier molecular flexibility index (Phi) is 4.61. The lowest BCUT2D eigenvalue weighted by molar-refractivity contribution is 1.50. The number of rotatable bonds is 0. The third-order valence-electron chi connectivity index (χ3n) is 0.841. The highest BCUT2D eigenvalue weighted by molar-refractivity contribution is 7.10. The van der Waals surface area contributed by atoms with Crippen LogP contribution in [-0.4, -0.2) is 0 Å².